The summed E-state index contributed by atoms with van der Waals surface area (Å²) in [4.78, 5) is 4.48. The van der Waals surface area contributed by atoms with Gasteiger partial charge in [-0.15, -0.1) is 0 Å². The van der Waals surface area contributed by atoms with Gasteiger partial charge in [0.2, 0.25) is 0 Å². The molecule has 1 N–H and O–H groups in total. The van der Waals surface area contributed by atoms with Gasteiger partial charge in [0.1, 0.15) is 11.6 Å². The molecule has 0 fully saturated rings. The lowest BCUT2D eigenvalue weighted by molar-refractivity contribution is 0.403. The van der Waals surface area contributed by atoms with Gasteiger partial charge in [0.05, 0.1) is 13.2 Å². The summed E-state index contributed by atoms with van der Waals surface area (Å²) in [5.41, 5.74) is 2.30. The Morgan fingerprint density at radius 3 is 2.84 bits per heavy atom. The number of imidazole rings is 1. The molecule has 0 aliphatic rings. The maximum atomic E-state index is 5.50. The van der Waals surface area contributed by atoms with E-state index in [-0.39, 0.29) is 6.04 Å². The molecule has 1 atom stereocenters. The van der Waals surface area contributed by atoms with Gasteiger partial charge in [0.15, 0.2) is 0 Å². The molecule has 4 heteroatoms. The number of aryl methyl sites for hydroxylation is 2. The van der Waals surface area contributed by atoms with Crippen molar-refractivity contribution in [3.8, 4) is 5.75 Å². The van der Waals surface area contributed by atoms with Gasteiger partial charge in [-0.2, -0.15) is 0 Å². The molecule has 0 amide bonds. The van der Waals surface area contributed by atoms with Gasteiger partial charge in [-0.1, -0.05) is 12.1 Å². The lowest BCUT2D eigenvalue weighted by Crippen LogP contribution is -2.22. The third-order valence-electron chi connectivity index (χ3n) is 3.34. The van der Waals surface area contributed by atoms with Crippen molar-refractivity contribution in [1.82, 2.24) is 14.9 Å². The molecular weight excluding hydrogens is 238 g/mol. The predicted molar refractivity (Wildman–Crippen MR) is 76.5 cm³/mol. The highest BCUT2D eigenvalue weighted by molar-refractivity contribution is 5.41. The minimum absolute atomic E-state index is 0.0329. The Morgan fingerprint density at radius 1 is 1.42 bits per heavy atom. The summed E-state index contributed by atoms with van der Waals surface area (Å²) >= 11 is 0. The number of hydrogen-bond acceptors (Lipinski definition) is 3. The highest BCUT2D eigenvalue weighted by Gasteiger charge is 2.20. The number of methoxy groups -OCH3 is 1. The lowest BCUT2D eigenvalue weighted by Gasteiger charge is -2.20. The first-order chi connectivity index (χ1) is 9.21. The number of nitrogens with one attached hydrogen (secondary N) is 1. The molecule has 0 spiro atoms. The minimum atomic E-state index is 0.0329. The van der Waals surface area contributed by atoms with Crippen molar-refractivity contribution in [2.24, 2.45) is 0 Å². The van der Waals surface area contributed by atoms with E-state index in [9.17, 15) is 0 Å². The monoisotopic (exact) mass is 259 g/mol. The minimum Gasteiger partial charge on any atom is -0.496 e. The van der Waals surface area contributed by atoms with Crippen molar-refractivity contribution < 1.29 is 4.74 Å². The van der Waals surface area contributed by atoms with Gasteiger partial charge >= 0.3 is 0 Å². The Bertz CT molecular complexity index is 548. The van der Waals surface area contributed by atoms with Crippen LogP contribution in [0.25, 0.3) is 0 Å². The van der Waals surface area contributed by atoms with E-state index in [1.165, 1.54) is 5.56 Å². The quantitative estimate of drug-likeness (QED) is 0.897. The van der Waals surface area contributed by atoms with E-state index in [1.807, 2.05) is 19.4 Å². The van der Waals surface area contributed by atoms with Gasteiger partial charge in [-0.3, -0.25) is 0 Å². The van der Waals surface area contributed by atoms with E-state index in [4.69, 9.17) is 4.74 Å². The highest BCUT2D eigenvalue weighted by Crippen LogP contribution is 2.29. The van der Waals surface area contributed by atoms with Crippen LogP contribution in [0, 0.1) is 6.92 Å². The van der Waals surface area contributed by atoms with E-state index in [1.54, 1.807) is 7.11 Å². The average Bonchev–Trinajstić information content (AvgIpc) is 2.89. The van der Waals surface area contributed by atoms with E-state index in [2.05, 4.69) is 46.9 Å². The first-order valence-corrected chi connectivity index (χ1v) is 6.54. The summed E-state index contributed by atoms with van der Waals surface area (Å²) in [6, 6.07) is 6.29. The van der Waals surface area contributed by atoms with Gasteiger partial charge in [0, 0.05) is 24.5 Å². The molecule has 19 heavy (non-hydrogen) atoms. The summed E-state index contributed by atoms with van der Waals surface area (Å²) in [7, 11) is 3.65. The topological polar surface area (TPSA) is 39.1 Å². The van der Waals surface area contributed by atoms with Crippen LogP contribution in [-0.2, 0) is 6.54 Å². The lowest BCUT2D eigenvalue weighted by atomic mass is 10.0. The van der Waals surface area contributed by atoms with Crippen molar-refractivity contribution in [1.29, 1.82) is 0 Å². The number of benzene rings is 1. The number of nitrogens with zero attached hydrogens (tertiary/aromatic N) is 2. The molecule has 1 heterocycles. The number of aromatic nitrogens is 2. The standard InChI is InChI=1S/C15H21N3O/c1-5-18-9-8-17-15(18)14(16-3)12-7-6-11(2)10-13(12)19-4/h6-10,14,16H,5H2,1-4H3. The van der Waals surface area contributed by atoms with E-state index < -0.39 is 0 Å². The van der Waals surface area contributed by atoms with Gasteiger partial charge in [0.25, 0.3) is 0 Å². The zero-order chi connectivity index (χ0) is 13.8. The van der Waals surface area contributed by atoms with Crippen LogP contribution >= 0.6 is 0 Å². The summed E-state index contributed by atoms with van der Waals surface area (Å²) in [6.45, 7) is 5.08. The normalized spacial score (nSPS) is 12.4. The van der Waals surface area contributed by atoms with Crippen LogP contribution in [0.15, 0.2) is 30.6 Å². The second kappa shape index (κ2) is 5.89. The predicted octanol–water partition coefficient (Wildman–Crippen LogP) is 2.53. The zero-order valence-corrected chi connectivity index (χ0v) is 12.0. The van der Waals surface area contributed by atoms with Gasteiger partial charge in [-0.05, 0) is 32.5 Å². The van der Waals surface area contributed by atoms with Crippen LogP contribution in [-0.4, -0.2) is 23.7 Å². The second-order valence-electron chi connectivity index (χ2n) is 4.54. The smallest absolute Gasteiger partial charge is 0.130 e. The van der Waals surface area contributed by atoms with Crippen molar-refractivity contribution in [2.75, 3.05) is 14.2 Å². The molecule has 2 aromatic rings. The van der Waals surface area contributed by atoms with Crippen LogP contribution in [0.2, 0.25) is 0 Å². The Kier molecular flexibility index (Phi) is 4.22. The van der Waals surface area contributed by atoms with Crippen molar-refractivity contribution in [3.63, 3.8) is 0 Å². The Balaban J connectivity index is 2.48. The molecule has 1 aromatic carbocycles. The van der Waals surface area contributed by atoms with Crippen LogP contribution in [0.4, 0.5) is 0 Å². The summed E-state index contributed by atoms with van der Waals surface area (Å²) in [5.74, 6) is 1.90. The molecule has 2 rings (SSSR count). The molecule has 0 aliphatic carbocycles. The van der Waals surface area contributed by atoms with Crippen LogP contribution in [0.5, 0.6) is 5.75 Å². The number of hydrogen-bond donors (Lipinski definition) is 1. The highest BCUT2D eigenvalue weighted by atomic mass is 16.5. The fourth-order valence-corrected chi connectivity index (χ4v) is 2.33. The molecule has 0 saturated heterocycles. The molecule has 0 aliphatic heterocycles. The Morgan fingerprint density at radius 2 is 2.21 bits per heavy atom. The maximum Gasteiger partial charge on any atom is 0.130 e. The third kappa shape index (κ3) is 2.63. The molecule has 0 radical (unpaired) electrons. The average molecular weight is 259 g/mol. The fourth-order valence-electron chi connectivity index (χ4n) is 2.33. The van der Waals surface area contributed by atoms with Gasteiger partial charge in [-0.25, -0.2) is 4.98 Å². The van der Waals surface area contributed by atoms with Crippen molar-refractivity contribution in [2.45, 2.75) is 26.4 Å². The Labute approximate surface area is 114 Å². The molecule has 0 saturated carbocycles. The fraction of sp³-hybridized carbons (Fsp3) is 0.400. The van der Waals surface area contributed by atoms with E-state index in [0.717, 1.165) is 23.7 Å². The summed E-state index contributed by atoms with van der Waals surface area (Å²) in [5, 5.41) is 3.33. The number of rotatable bonds is 5. The van der Waals surface area contributed by atoms with Crippen LogP contribution in [0.1, 0.15) is 29.9 Å². The van der Waals surface area contributed by atoms with E-state index >= 15 is 0 Å². The number of ether oxygens (including phenoxy) is 1. The first-order valence-electron chi connectivity index (χ1n) is 6.54. The summed E-state index contributed by atoms with van der Waals surface area (Å²) in [6.07, 6.45) is 3.84. The largest absolute Gasteiger partial charge is 0.496 e. The molecule has 4 nitrogen and oxygen atoms in total. The van der Waals surface area contributed by atoms with Crippen molar-refractivity contribution in [3.05, 3.63) is 47.5 Å². The molecule has 0 bridgehead atoms. The van der Waals surface area contributed by atoms with Crippen LogP contribution in [0.3, 0.4) is 0 Å². The molecular formula is C15H21N3O. The molecule has 1 aromatic heterocycles. The van der Waals surface area contributed by atoms with E-state index in [0.29, 0.717) is 0 Å². The summed E-state index contributed by atoms with van der Waals surface area (Å²) < 4.78 is 7.64. The van der Waals surface area contributed by atoms with Gasteiger partial charge < -0.3 is 14.6 Å². The SMILES string of the molecule is CCn1ccnc1C(NC)c1ccc(C)cc1OC. The molecule has 102 valence electrons. The van der Waals surface area contributed by atoms with Crippen molar-refractivity contribution >= 4 is 0 Å². The second-order valence-corrected chi connectivity index (χ2v) is 4.54. The maximum absolute atomic E-state index is 5.50. The third-order valence-corrected chi connectivity index (χ3v) is 3.34. The zero-order valence-electron chi connectivity index (χ0n) is 12.0. The Hall–Kier alpha value is -1.81. The first kappa shape index (κ1) is 13.6. The van der Waals surface area contributed by atoms with Crippen LogP contribution < -0.4 is 10.1 Å². The molecule has 1 unspecified atom stereocenters.